The molecule has 3 nitrogen and oxygen atoms in total. The highest BCUT2D eigenvalue weighted by molar-refractivity contribution is 9.10. The minimum atomic E-state index is 0.591. The van der Waals surface area contributed by atoms with E-state index in [1.807, 2.05) is 24.3 Å². The topological polar surface area (TPSA) is 30.5 Å². The van der Waals surface area contributed by atoms with Crippen molar-refractivity contribution in [3.8, 4) is 5.75 Å². The number of thiophene rings is 1. The van der Waals surface area contributed by atoms with Crippen LogP contribution >= 0.6 is 27.3 Å². The molecule has 0 amide bonds. The van der Waals surface area contributed by atoms with E-state index in [9.17, 15) is 0 Å². The largest absolute Gasteiger partial charge is 0.488 e. The van der Waals surface area contributed by atoms with Crippen LogP contribution in [0.15, 0.2) is 40.2 Å². The smallest absolute Gasteiger partial charge is 0.124 e. The highest BCUT2D eigenvalue weighted by Gasteiger charge is 2.06. The molecule has 0 saturated heterocycles. The molecular formula is C15H18BrNO2S. The third-order valence-electron chi connectivity index (χ3n) is 2.82. The minimum absolute atomic E-state index is 0.591. The van der Waals surface area contributed by atoms with E-state index in [4.69, 9.17) is 9.47 Å². The van der Waals surface area contributed by atoms with Gasteiger partial charge in [0.1, 0.15) is 12.4 Å². The molecule has 0 atom stereocenters. The molecule has 0 aliphatic heterocycles. The number of hydrogen-bond acceptors (Lipinski definition) is 4. The maximum absolute atomic E-state index is 5.93. The summed E-state index contributed by atoms with van der Waals surface area (Å²) in [5, 5.41) is 5.39. The first kappa shape index (κ1) is 15.5. The van der Waals surface area contributed by atoms with Crippen LogP contribution in [0.2, 0.25) is 0 Å². The molecule has 108 valence electrons. The van der Waals surface area contributed by atoms with Crippen molar-refractivity contribution in [2.75, 3.05) is 20.3 Å². The Morgan fingerprint density at radius 1 is 1.25 bits per heavy atom. The van der Waals surface area contributed by atoms with Crippen LogP contribution in [0.3, 0.4) is 0 Å². The number of nitrogens with one attached hydrogen (secondary N) is 1. The van der Waals surface area contributed by atoms with Crippen molar-refractivity contribution in [3.63, 3.8) is 0 Å². The van der Waals surface area contributed by atoms with Crippen molar-refractivity contribution in [3.05, 3.63) is 50.6 Å². The standard InChI is InChI=1S/C15H18BrNO2S/c1-18-8-7-17-10-12-4-2-3-5-14(12)19-11-15-13(16)6-9-20-15/h2-6,9,17H,7-8,10-11H2,1H3. The van der Waals surface area contributed by atoms with Crippen molar-refractivity contribution in [2.24, 2.45) is 0 Å². The summed E-state index contributed by atoms with van der Waals surface area (Å²) >= 11 is 5.22. The number of benzene rings is 1. The molecule has 1 N–H and O–H groups in total. The van der Waals surface area contributed by atoms with Gasteiger partial charge < -0.3 is 14.8 Å². The highest BCUT2D eigenvalue weighted by Crippen LogP contribution is 2.25. The van der Waals surface area contributed by atoms with Crippen molar-refractivity contribution < 1.29 is 9.47 Å². The quantitative estimate of drug-likeness (QED) is 0.730. The molecule has 2 rings (SSSR count). The number of para-hydroxylation sites is 1. The fourth-order valence-corrected chi connectivity index (χ4v) is 3.14. The van der Waals surface area contributed by atoms with E-state index < -0.39 is 0 Å². The Bertz CT molecular complexity index is 530. The van der Waals surface area contributed by atoms with E-state index in [2.05, 4.69) is 32.7 Å². The van der Waals surface area contributed by atoms with Crippen LogP contribution in [0.4, 0.5) is 0 Å². The first-order chi connectivity index (χ1) is 9.81. The van der Waals surface area contributed by atoms with E-state index in [0.29, 0.717) is 13.2 Å². The predicted octanol–water partition coefficient (Wildman–Crippen LogP) is 3.83. The van der Waals surface area contributed by atoms with Gasteiger partial charge in [0.25, 0.3) is 0 Å². The van der Waals surface area contributed by atoms with Gasteiger partial charge in [-0.2, -0.15) is 0 Å². The van der Waals surface area contributed by atoms with Gasteiger partial charge in [0.2, 0.25) is 0 Å². The van der Waals surface area contributed by atoms with E-state index >= 15 is 0 Å². The number of methoxy groups -OCH3 is 1. The summed E-state index contributed by atoms with van der Waals surface area (Å²) in [6, 6.07) is 10.2. The Morgan fingerprint density at radius 3 is 2.85 bits per heavy atom. The number of hydrogen-bond donors (Lipinski definition) is 1. The third-order valence-corrected chi connectivity index (χ3v) is 4.72. The van der Waals surface area contributed by atoms with E-state index in [1.54, 1.807) is 18.4 Å². The number of halogens is 1. The summed E-state index contributed by atoms with van der Waals surface area (Å²) < 4.78 is 12.1. The van der Waals surface area contributed by atoms with Gasteiger partial charge in [-0.15, -0.1) is 11.3 Å². The monoisotopic (exact) mass is 355 g/mol. The lowest BCUT2D eigenvalue weighted by molar-refractivity contribution is 0.199. The minimum Gasteiger partial charge on any atom is -0.488 e. The van der Waals surface area contributed by atoms with Gasteiger partial charge in [0.15, 0.2) is 0 Å². The first-order valence-electron chi connectivity index (χ1n) is 6.43. The second kappa shape index (κ2) is 8.42. The van der Waals surface area contributed by atoms with Gasteiger partial charge in [-0.3, -0.25) is 0 Å². The second-order valence-electron chi connectivity index (χ2n) is 4.26. The normalized spacial score (nSPS) is 10.7. The van der Waals surface area contributed by atoms with Gasteiger partial charge in [0, 0.05) is 30.2 Å². The van der Waals surface area contributed by atoms with Crippen molar-refractivity contribution in [1.82, 2.24) is 5.32 Å². The molecule has 0 radical (unpaired) electrons. The van der Waals surface area contributed by atoms with E-state index in [-0.39, 0.29) is 0 Å². The number of rotatable bonds is 8. The Labute approximate surface area is 132 Å². The molecule has 0 aliphatic rings. The molecule has 0 bridgehead atoms. The molecule has 1 heterocycles. The summed E-state index contributed by atoms with van der Waals surface area (Å²) in [6.07, 6.45) is 0. The van der Waals surface area contributed by atoms with E-state index in [0.717, 1.165) is 28.9 Å². The maximum Gasteiger partial charge on any atom is 0.124 e. The summed E-state index contributed by atoms with van der Waals surface area (Å²) in [7, 11) is 1.71. The predicted molar refractivity (Wildman–Crippen MR) is 86.4 cm³/mol. The lowest BCUT2D eigenvalue weighted by atomic mass is 10.2. The number of ether oxygens (including phenoxy) is 2. The summed E-state index contributed by atoms with van der Waals surface area (Å²) in [5.41, 5.74) is 1.16. The molecule has 5 heteroatoms. The Morgan fingerprint density at radius 2 is 2.10 bits per heavy atom. The van der Waals surface area contributed by atoms with Crippen LogP contribution in [0.5, 0.6) is 5.75 Å². The summed E-state index contributed by atoms with van der Waals surface area (Å²) in [4.78, 5) is 1.20. The average molecular weight is 356 g/mol. The molecule has 0 spiro atoms. The van der Waals surface area contributed by atoms with Crippen LogP contribution in [0.25, 0.3) is 0 Å². The lowest BCUT2D eigenvalue weighted by Gasteiger charge is -2.11. The molecule has 2 aromatic rings. The lowest BCUT2D eigenvalue weighted by Crippen LogP contribution is -2.19. The second-order valence-corrected chi connectivity index (χ2v) is 6.11. The molecule has 0 fully saturated rings. The molecule has 0 unspecified atom stereocenters. The van der Waals surface area contributed by atoms with Crippen LogP contribution in [-0.4, -0.2) is 20.3 Å². The van der Waals surface area contributed by atoms with Crippen LogP contribution in [-0.2, 0) is 17.9 Å². The maximum atomic E-state index is 5.93. The third kappa shape index (κ3) is 4.59. The fourth-order valence-electron chi connectivity index (χ4n) is 1.76. The molecule has 0 saturated carbocycles. The van der Waals surface area contributed by atoms with Crippen molar-refractivity contribution in [1.29, 1.82) is 0 Å². The molecule has 20 heavy (non-hydrogen) atoms. The fraction of sp³-hybridized carbons (Fsp3) is 0.333. The Balaban J connectivity index is 1.92. The molecular weight excluding hydrogens is 338 g/mol. The zero-order valence-electron chi connectivity index (χ0n) is 11.4. The summed E-state index contributed by atoms with van der Waals surface area (Å²) in [6.45, 7) is 2.92. The van der Waals surface area contributed by atoms with Gasteiger partial charge in [-0.05, 0) is 33.4 Å². The first-order valence-corrected chi connectivity index (χ1v) is 8.10. The zero-order chi connectivity index (χ0) is 14.2. The summed E-state index contributed by atoms with van der Waals surface area (Å²) in [5.74, 6) is 0.928. The van der Waals surface area contributed by atoms with Crippen LogP contribution in [0, 0.1) is 0 Å². The Hall–Kier alpha value is -0.880. The highest BCUT2D eigenvalue weighted by atomic mass is 79.9. The molecule has 1 aromatic heterocycles. The van der Waals surface area contributed by atoms with Gasteiger partial charge >= 0.3 is 0 Å². The van der Waals surface area contributed by atoms with Crippen LogP contribution in [0.1, 0.15) is 10.4 Å². The van der Waals surface area contributed by atoms with Crippen LogP contribution < -0.4 is 10.1 Å². The van der Waals surface area contributed by atoms with E-state index in [1.165, 1.54) is 4.88 Å². The van der Waals surface area contributed by atoms with Crippen molar-refractivity contribution in [2.45, 2.75) is 13.2 Å². The molecule has 1 aromatic carbocycles. The molecule has 0 aliphatic carbocycles. The van der Waals surface area contributed by atoms with Crippen molar-refractivity contribution >= 4 is 27.3 Å². The van der Waals surface area contributed by atoms with Gasteiger partial charge in [-0.1, -0.05) is 18.2 Å². The zero-order valence-corrected chi connectivity index (χ0v) is 13.8. The van der Waals surface area contributed by atoms with Gasteiger partial charge in [-0.25, -0.2) is 0 Å². The Kier molecular flexibility index (Phi) is 6.53. The van der Waals surface area contributed by atoms with Gasteiger partial charge in [0.05, 0.1) is 11.5 Å². The average Bonchev–Trinajstić information content (AvgIpc) is 2.88. The SMILES string of the molecule is COCCNCc1ccccc1OCc1sccc1Br.